The highest BCUT2D eigenvalue weighted by Gasteiger charge is 2.10. The third kappa shape index (κ3) is 3.80. The first-order valence-electron chi connectivity index (χ1n) is 5.85. The Bertz CT molecular complexity index is 437. The van der Waals surface area contributed by atoms with E-state index in [0.29, 0.717) is 36.0 Å². The second kappa shape index (κ2) is 6.69. The summed E-state index contributed by atoms with van der Waals surface area (Å²) < 4.78 is 16.0. The highest BCUT2D eigenvalue weighted by Crippen LogP contribution is 2.31. The molecule has 0 aliphatic carbocycles. The first-order chi connectivity index (χ1) is 8.58. The van der Waals surface area contributed by atoms with Crippen LogP contribution in [0.4, 0.5) is 0 Å². The number of ether oxygens (including phenoxy) is 3. The molecule has 18 heavy (non-hydrogen) atoms. The Morgan fingerprint density at radius 1 is 1.17 bits per heavy atom. The Kier molecular flexibility index (Phi) is 5.24. The Balaban J connectivity index is 2.91. The lowest BCUT2D eigenvalue weighted by Crippen LogP contribution is -2.08. The molecular weight excluding hydrogens is 232 g/mol. The standard InChI is InChI=1S/C14H18O4/c1-5-16-12-8-7-11(9-13(12)17-6-2)18-14(15)10(3)4/h7-9H,3,5-6H2,1-2,4H3. The van der Waals surface area contributed by atoms with Crippen molar-refractivity contribution < 1.29 is 19.0 Å². The zero-order valence-electron chi connectivity index (χ0n) is 11.0. The molecule has 0 aliphatic rings. The van der Waals surface area contributed by atoms with Gasteiger partial charge in [-0.2, -0.15) is 0 Å². The quantitative estimate of drug-likeness (QED) is 0.442. The van der Waals surface area contributed by atoms with Crippen LogP contribution in [-0.2, 0) is 4.79 Å². The zero-order valence-corrected chi connectivity index (χ0v) is 11.0. The van der Waals surface area contributed by atoms with Crippen molar-refractivity contribution in [3.63, 3.8) is 0 Å². The molecule has 0 aliphatic heterocycles. The van der Waals surface area contributed by atoms with E-state index in [1.54, 1.807) is 25.1 Å². The number of carbonyl (C=O) groups excluding carboxylic acids is 1. The van der Waals surface area contributed by atoms with Gasteiger partial charge in [0.1, 0.15) is 5.75 Å². The van der Waals surface area contributed by atoms with Gasteiger partial charge in [-0.25, -0.2) is 4.79 Å². The maximum atomic E-state index is 11.4. The molecule has 0 bridgehead atoms. The van der Waals surface area contributed by atoms with Gasteiger partial charge in [-0.3, -0.25) is 0 Å². The fourth-order valence-electron chi connectivity index (χ4n) is 1.29. The van der Waals surface area contributed by atoms with Gasteiger partial charge in [-0.05, 0) is 32.9 Å². The van der Waals surface area contributed by atoms with Gasteiger partial charge in [0.05, 0.1) is 13.2 Å². The van der Waals surface area contributed by atoms with Crippen molar-refractivity contribution in [3.05, 3.63) is 30.4 Å². The Hall–Kier alpha value is -1.97. The van der Waals surface area contributed by atoms with Crippen molar-refractivity contribution in [1.82, 2.24) is 0 Å². The van der Waals surface area contributed by atoms with Crippen LogP contribution in [0.5, 0.6) is 17.2 Å². The van der Waals surface area contributed by atoms with Gasteiger partial charge in [0.25, 0.3) is 0 Å². The normalized spacial score (nSPS) is 9.72. The summed E-state index contributed by atoms with van der Waals surface area (Å²) in [5, 5.41) is 0. The highest BCUT2D eigenvalue weighted by atomic mass is 16.5. The third-order valence-corrected chi connectivity index (χ3v) is 2.07. The summed E-state index contributed by atoms with van der Waals surface area (Å²) in [6.45, 7) is 9.95. The average Bonchev–Trinajstić information content (AvgIpc) is 2.33. The molecule has 0 heterocycles. The van der Waals surface area contributed by atoms with Gasteiger partial charge in [-0.1, -0.05) is 6.58 Å². The van der Waals surface area contributed by atoms with Gasteiger partial charge in [0, 0.05) is 11.6 Å². The van der Waals surface area contributed by atoms with Crippen LogP contribution in [0.15, 0.2) is 30.4 Å². The lowest BCUT2D eigenvalue weighted by Gasteiger charge is -2.12. The van der Waals surface area contributed by atoms with Gasteiger partial charge in [-0.15, -0.1) is 0 Å². The number of hydrogen-bond acceptors (Lipinski definition) is 4. The zero-order chi connectivity index (χ0) is 13.5. The van der Waals surface area contributed by atoms with Gasteiger partial charge in [0.2, 0.25) is 0 Å². The van der Waals surface area contributed by atoms with Crippen molar-refractivity contribution in [2.24, 2.45) is 0 Å². The Labute approximate surface area is 107 Å². The van der Waals surface area contributed by atoms with Crippen LogP contribution in [0.25, 0.3) is 0 Å². The topological polar surface area (TPSA) is 44.8 Å². The SMILES string of the molecule is C=C(C)C(=O)Oc1ccc(OCC)c(OCC)c1. The molecule has 0 saturated carbocycles. The molecular formula is C14H18O4. The van der Waals surface area contributed by atoms with E-state index >= 15 is 0 Å². The average molecular weight is 250 g/mol. The summed E-state index contributed by atoms with van der Waals surface area (Å²) in [5.74, 6) is 1.15. The Morgan fingerprint density at radius 3 is 2.33 bits per heavy atom. The van der Waals surface area contributed by atoms with Gasteiger partial charge >= 0.3 is 5.97 Å². The largest absolute Gasteiger partial charge is 0.490 e. The Morgan fingerprint density at radius 2 is 1.78 bits per heavy atom. The summed E-state index contributed by atoms with van der Waals surface area (Å²) in [6, 6.07) is 5.01. The van der Waals surface area contributed by atoms with Crippen LogP contribution in [-0.4, -0.2) is 19.2 Å². The van der Waals surface area contributed by atoms with Crippen LogP contribution in [0.1, 0.15) is 20.8 Å². The van der Waals surface area contributed by atoms with Crippen molar-refractivity contribution in [3.8, 4) is 17.2 Å². The molecule has 0 N–H and O–H groups in total. The van der Waals surface area contributed by atoms with Gasteiger partial charge < -0.3 is 14.2 Å². The predicted octanol–water partition coefficient (Wildman–Crippen LogP) is 2.97. The maximum absolute atomic E-state index is 11.4. The van der Waals surface area contributed by atoms with Gasteiger partial charge in [0.15, 0.2) is 11.5 Å². The monoisotopic (exact) mass is 250 g/mol. The summed E-state index contributed by atoms with van der Waals surface area (Å²) in [4.78, 5) is 11.4. The molecule has 0 saturated heterocycles. The molecule has 4 nitrogen and oxygen atoms in total. The minimum Gasteiger partial charge on any atom is -0.490 e. The first kappa shape index (κ1) is 14.1. The smallest absolute Gasteiger partial charge is 0.338 e. The van der Waals surface area contributed by atoms with Crippen LogP contribution < -0.4 is 14.2 Å². The van der Waals surface area contributed by atoms with E-state index in [2.05, 4.69) is 6.58 Å². The molecule has 0 fully saturated rings. The lowest BCUT2D eigenvalue weighted by atomic mass is 10.3. The van der Waals surface area contributed by atoms with E-state index in [1.165, 1.54) is 0 Å². The molecule has 0 aromatic heterocycles. The van der Waals surface area contributed by atoms with Crippen LogP contribution >= 0.6 is 0 Å². The third-order valence-electron chi connectivity index (χ3n) is 2.07. The van der Waals surface area contributed by atoms with E-state index in [1.807, 2.05) is 13.8 Å². The summed E-state index contributed by atoms with van der Waals surface area (Å²) in [7, 11) is 0. The maximum Gasteiger partial charge on any atom is 0.338 e. The van der Waals surface area contributed by atoms with E-state index < -0.39 is 5.97 Å². The molecule has 1 rings (SSSR count). The summed E-state index contributed by atoms with van der Waals surface area (Å²) >= 11 is 0. The second-order valence-electron chi connectivity index (χ2n) is 3.64. The second-order valence-corrected chi connectivity index (χ2v) is 3.64. The van der Waals surface area contributed by atoms with E-state index in [0.717, 1.165) is 0 Å². The van der Waals surface area contributed by atoms with E-state index in [9.17, 15) is 4.79 Å². The number of esters is 1. The molecule has 0 radical (unpaired) electrons. The lowest BCUT2D eigenvalue weighted by molar-refractivity contribution is -0.130. The van der Waals surface area contributed by atoms with Crippen molar-refractivity contribution in [1.29, 1.82) is 0 Å². The molecule has 1 aromatic carbocycles. The number of benzene rings is 1. The minimum atomic E-state index is -0.457. The number of carbonyl (C=O) groups is 1. The molecule has 1 aromatic rings. The van der Waals surface area contributed by atoms with Crippen LogP contribution in [0.2, 0.25) is 0 Å². The molecule has 0 unspecified atom stereocenters. The molecule has 0 amide bonds. The minimum absolute atomic E-state index is 0.349. The summed E-state index contributed by atoms with van der Waals surface area (Å²) in [6.07, 6.45) is 0. The predicted molar refractivity (Wildman–Crippen MR) is 69.2 cm³/mol. The molecule has 4 heteroatoms. The van der Waals surface area contributed by atoms with Crippen molar-refractivity contribution >= 4 is 5.97 Å². The molecule has 98 valence electrons. The van der Waals surface area contributed by atoms with Crippen molar-refractivity contribution in [2.45, 2.75) is 20.8 Å². The number of hydrogen-bond donors (Lipinski definition) is 0. The fraction of sp³-hybridized carbons (Fsp3) is 0.357. The van der Waals surface area contributed by atoms with Crippen molar-refractivity contribution in [2.75, 3.05) is 13.2 Å². The van der Waals surface area contributed by atoms with E-state index in [-0.39, 0.29) is 0 Å². The first-order valence-corrected chi connectivity index (χ1v) is 5.85. The number of rotatable bonds is 6. The fourth-order valence-corrected chi connectivity index (χ4v) is 1.29. The molecule has 0 spiro atoms. The molecule has 0 atom stereocenters. The van der Waals surface area contributed by atoms with E-state index in [4.69, 9.17) is 14.2 Å². The van der Waals surface area contributed by atoms with Crippen LogP contribution in [0, 0.1) is 0 Å². The van der Waals surface area contributed by atoms with Crippen LogP contribution in [0.3, 0.4) is 0 Å². The summed E-state index contributed by atoms with van der Waals surface area (Å²) in [5.41, 5.74) is 0.349. The highest BCUT2D eigenvalue weighted by molar-refractivity contribution is 5.88.